The van der Waals surface area contributed by atoms with Gasteiger partial charge < -0.3 is 9.88 Å². The molecule has 0 fully saturated rings. The molecule has 0 bridgehead atoms. The van der Waals surface area contributed by atoms with Crippen molar-refractivity contribution in [2.45, 2.75) is 45.1 Å². The van der Waals surface area contributed by atoms with Crippen LogP contribution in [0.5, 0.6) is 0 Å². The number of rotatable bonds is 6. The van der Waals surface area contributed by atoms with E-state index in [4.69, 9.17) is 0 Å². The minimum Gasteiger partial charge on any atom is -0.349 e. The van der Waals surface area contributed by atoms with Crippen LogP contribution in [0.4, 0.5) is 0 Å². The van der Waals surface area contributed by atoms with Gasteiger partial charge in [-0.3, -0.25) is 9.59 Å². The van der Waals surface area contributed by atoms with Gasteiger partial charge in [0.2, 0.25) is 5.91 Å². The summed E-state index contributed by atoms with van der Waals surface area (Å²) in [6, 6.07) is 5.99. The van der Waals surface area contributed by atoms with Crippen LogP contribution in [-0.2, 0) is 31.2 Å². The van der Waals surface area contributed by atoms with Gasteiger partial charge in [-0.2, -0.15) is 0 Å². The first kappa shape index (κ1) is 16.4. The van der Waals surface area contributed by atoms with Gasteiger partial charge in [0.25, 0.3) is 0 Å². The summed E-state index contributed by atoms with van der Waals surface area (Å²) in [5.41, 5.74) is 3.39. The Balaban J connectivity index is 1.50. The second-order valence-corrected chi connectivity index (χ2v) is 6.34. The predicted molar refractivity (Wildman–Crippen MR) is 91.7 cm³/mol. The highest BCUT2D eigenvalue weighted by Crippen LogP contribution is 2.22. The maximum Gasteiger partial charge on any atom is 0.220 e. The zero-order valence-corrected chi connectivity index (χ0v) is 14.0. The van der Waals surface area contributed by atoms with Crippen molar-refractivity contribution in [3.63, 3.8) is 0 Å². The smallest absolute Gasteiger partial charge is 0.220 e. The molecular weight excluding hydrogens is 302 g/mol. The van der Waals surface area contributed by atoms with Crippen LogP contribution in [0.2, 0.25) is 0 Å². The Morgan fingerprint density at radius 2 is 1.96 bits per heavy atom. The molecule has 1 aromatic carbocycles. The van der Waals surface area contributed by atoms with Crippen molar-refractivity contribution in [3.05, 3.63) is 53.1 Å². The van der Waals surface area contributed by atoms with Crippen molar-refractivity contribution in [3.8, 4) is 0 Å². The molecule has 5 heteroatoms. The van der Waals surface area contributed by atoms with Crippen LogP contribution in [-0.4, -0.2) is 21.2 Å². The number of ketones is 1. The van der Waals surface area contributed by atoms with Gasteiger partial charge in [0.15, 0.2) is 5.78 Å². The second-order valence-electron chi connectivity index (χ2n) is 6.34. The highest BCUT2D eigenvalue weighted by Gasteiger charge is 2.14. The van der Waals surface area contributed by atoms with E-state index < -0.39 is 0 Å². The van der Waals surface area contributed by atoms with Crippen LogP contribution in [0, 0.1) is 0 Å². The van der Waals surface area contributed by atoms with Crippen molar-refractivity contribution < 1.29 is 9.59 Å². The van der Waals surface area contributed by atoms with Gasteiger partial charge in [-0.1, -0.05) is 12.1 Å². The summed E-state index contributed by atoms with van der Waals surface area (Å²) in [7, 11) is 1.88. The summed E-state index contributed by atoms with van der Waals surface area (Å²) in [6.45, 7) is 0.384. The predicted octanol–water partition coefficient (Wildman–Crippen LogP) is 2.58. The van der Waals surface area contributed by atoms with Crippen molar-refractivity contribution in [2.24, 2.45) is 7.05 Å². The van der Waals surface area contributed by atoms with Crippen molar-refractivity contribution in [1.29, 1.82) is 0 Å². The number of amides is 1. The highest BCUT2D eigenvalue weighted by atomic mass is 16.2. The molecule has 0 aliphatic heterocycles. The van der Waals surface area contributed by atoms with E-state index in [9.17, 15) is 9.59 Å². The summed E-state index contributed by atoms with van der Waals surface area (Å²) in [6.07, 6.45) is 8.57. The molecule has 1 aromatic heterocycles. The van der Waals surface area contributed by atoms with E-state index in [1.807, 2.05) is 29.9 Å². The fourth-order valence-corrected chi connectivity index (χ4v) is 3.11. The second kappa shape index (κ2) is 7.43. The molecule has 5 nitrogen and oxygen atoms in total. The summed E-state index contributed by atoms with van der Waals surface area (Å²) < 4.78 is 1.86. The molecule has 1 heterocycles. The summed E-state index contributed by atoms with van der Waals surface area (Å²) in [5.74, 6) is 0.712. The average Bonchev–Trinajstić information content (AvgIpc) is 3.02. The molecule has 0 unspecified atom stereocenters. The van der Waals surface area contributed by atoms with Gasteiger partial charge in [0.05, 0.1) is 6.54 Å². The maximum absolute atomic E-state index is 12.3. The van der Waals surface area contributed by atoms with E-state index in [1.54, 1.807) is 6.20 Å². The Morgan fingerprint density at radius 1 is 1.17 bits per heavy atom. The molecule has 1 N–H and O–H groups in total. The third-order valence-corrected chi connectivity index (χ3v) is 4.61. The zero-order valence-electron chi connectivity index (χ0n) is 14.0. The third kappa shape index (κ3) is 3.91. The number of aromatic nitrogens is 2. The molecule has 126 valence electrons. The third-order valence-electron chi connectivity index (χ3n) is 4.61. The van der Waals surface area contributed by atoms with Crippen LogP contribution >= 0.6 is 0 Å². The Hall–Kier alpha value is -2.43. The molecule has 2 aromatic rings. The lowest BCUT2D eigenvalue weighted by molar-refractivity contribution is -0.121. The zero-order chi connectivity index (χ0) is 16.9. The number of carbonyl (C=O) groups is 2. The number of imidazole rings is 1. The Labute approximate surface area is 142 Å². The molecule has 0 atom stereocenters. The number of nitrogens with zero attached hydrogens (tertiary/aromatic N) is 2. The first-order valence-corrected chi connectivity index (χ1v) is 8.51. The first-order chi connectivity index (χ1) is 11.6. The fourth-order valence-electron chi connectivity index (χ4n) is 3.11. The monoisotopic (exact) mass is 325 g/mol. The molecule has 0 saturated carbocycles. The van der Waals surface area contributed by atoms with Crippen LogP contribution in [0.3, 0.4) is 0 Å². The number of aryl methyl sites for hydroxylation is 3. The summed E-state index contributed by atoms with van der Waals surface area (Å²) >= 11 is 0. The average molecular weight is 325 g/mol. The summed E-state index contributed by atoms with van der Waals surface area (Å²) in [4.78, 5) is 28.4. The number of benzene rings is 1. The van der Waals surface area contributed by atoms with Crippen molar-refractivity contribution in [2.75, 3.05) is 0 Å². The molecule has 24 heavy (non-hydrogen) atoms. The first-order valence-electron chi connectivity index (χ1n) is 8.51. The van der Waals surface area contributed by atoms with E-state index in [1.165, 1.54) is 24.0 Å². The molecule has 0 radical (unpaired) electrons. The maximum atomic E-state index is 12.3. The van der Waals surface area contributed by atoms with Crippen LogP contribution in [0.15, 0.2) is 30.6 Å². The minimum atomic E-state index is -0.121. The van der Waals surface area contributed by atoms with Gasteiger partial charge >= 0.3 is 0 Å². The minimum absolute atomic E-state index is 0.0375. The normalized spacial score (nSPS) is 13.4. The van der Waals surface area contributed by atoms with Crippen LogP contribution in [0.1, 0.15) is 53.0 Å². The number of fused-ring (bicyclic) bond motifs is 1. The molecule has 1 aliphatic carbocycles. The number of hydrogen-bond donors (Lipinski definition) is 1. The standard InChI is InChI=1S/C19H23N3O2/c1-22-11-10-20-18(22)13-21-19(24)9-8-17(23)16-7-6-14-4-2-3-5-15(14)12-16/h6-7,10-12H,2-5,8-9,13H2,1H3,(H,21,24). The van der Waals surface area contributed by atoms with Gasteiger partial charge in [-0.05, 0) is 42.9 Å². The van der Waals surface area contributed by atoms with E-state index in [0.717, 1.165) is 24.2 Å². The lowest BCUT2D eigenvalue weighted by atomic mass is 9.89. The Bertz CT molecular complexity index is 749. The van der Waals surface area contributed by atoms with Gasteiger partial charge in [-0.15, -0.1) is 0 Å². The molecule has 3 rings (SSSR count). The SMILES string of the molecule is Cn1ccnc1CNC(=O)CCC(=O)c1ccc2c(c1)CCCC2. The van der Waals surface area contributed by atoms with Crippen molar-refractivity contribution in [1.82, 2.24) is 14.9 Å². The van der Waals surface area contributed by atoms with E-state index in [2.05, 4.69) is 16.4 Å². The van der Waals surface area contributed by atoms with E-state index in [0.29, 0.717) is 6.54 Å². The van der Waals surface area contributed by atoms with Crippen LogP contribution in [0.25, 0.3) is 0 Å². The van der Waals surface area contributed by atoms with E-state index >= 15 is 0 Å². The molecule has 0 saturated heterocycles. The van der Waals surface area contributed by atoms with Gasteiger partial charge in [0, 0.05) is 37.8 Å². The topological polar surface area (TPSA) is 64.0 Å². The largest absolute Gasteiger partial charge is 0.349 e. The molecular formula is C19H23N3O2. The lowest BCUT2D eigenvalue weighted by Gasteiger charge is -2.16. The Kier molecular flexibility index (Phi) is 5.08. The van der Waals surface area contributed by atoms with Gasteiger partial charge in [-0.25, -0.2) is 4.98 Å². The summed E-state index contributed by atoms with van der Waals surface area (Å²) in [5, 5.41) is 2.81. The fraction of sp³-hybridized carbons (Fsp3) is 0.421. The quantitative estimate of drug-likeness (QED) is 0.830. The highest BCUT2D eigenvalue weighted by molar-refractivity contribution is 5.98. The van der Waals surface area contributed by atoms with E-state index in [-0.39, 0.29) is 24.5 Å². The Morgan fingerprint density at radius 3 is 2.71 bits per heavy atom. The van der Waals surface area contributed by atoms with Gasteiger partial charge in [0.1, 0.15) is 5.82 Å². The number of Topliss-reactive ketones (excluding diaryl/α,β-unsaturated/α-hetero) is 1. The number of carbonyl (C=O) groups excluding carboxylic acids is 2. The molecule has 1 amide bonds. The lowest BCUT2D eigenvalue weighted by Crippen LogP contribution is -2.24. The number of hydrogen-bond acceptors (Lipinski definition) is 3. The van der Waals surface area contributed by atoms with Crippen LogP contribution < -0.4 is 5.32 Å². The molecule has 0 spiro atoms. The molecule has 1 aliphatic rings. The van der Waals surface area contributed by atoms with Crippen molar-refractivity contribution >= 4 is 11.7 Å². The number of nitrogens with one attached hydrogen (secondary N) is 1.